The van der Waals surface area contributed by atoms with E-state index >= 15 is 0 Å². The van der Waals surface area contributed by atoms with Gasteiger partial charge >= 0.3 is 5.97 Å². The van der Waals surface area contributed by atoms with Crippen LogP contribution in [0.3, 0.4) is 0 Å². The van der Waals surface area contributed by atoms with Crippen LogP contribution in [0.4, 0.5) is 4.39 Å². The summed E-state index contributed by atoms with van der Waals surface area (Å²) in [6, 6.07) is 9.35. The van der Waals surface area contributed by atoms with Crippen LogP contribution < -0.4 is 0 Å². The fraction of sp³-hybridized carbons (Fsp3) is 0.333. The SMILES string of the molecule is CC(=O)N1[C@@H](C(=O)OCCSc2ccccc2F)CS[C@H]1c1ccco1. The molecule has 0 unspecified atom stereocenters. The first-order valence-corrected chi connectivity index (χ1v) is 10.1. The third-order valence-corrected chi connectivity index (χ3v) is 6.14. The molecule has 1 aromatic heterocycles. The highest BCUT2D eigenvalue weighted by molar-refractivity contribution is 7.99. The lowest BCUT2D eigenvalue weighted by molar-refractivity contribution is -0.153. The number of thioether (sulfide) groups is 2. The standard InChI is InChI=1S/C18H18FNO4S2/c1-12(21)20-14(11-26-17(20)15-6-4-8-23-15)18(22)24-9-10-25-16-7-3-2-5-13(16)19/h2-8,14,17H,9-11H2,1H3/t14-,17+/m1/s1. The number of amides is 1. The molecule has 3 rings (SSSR count). The lowest BCUT2D eigenvalue weighted by Gasteiger charge is -2.25. The van der Waals surface area contributed by atoms with Crippen LogP contribution in [0.1, 0.15) is 18.1 Å². The molecule has 1 saturated heterocycles. The molecule has 0 aliphatic carbocycles. The minimum atomic E-state index is -0.647. The summed E-state index contributed by atoms with van der Waals surface area (Å²) in [5.41, 5.74) is 0. The highest BCUT2D eigenvalue weighted by Gasteiger charge is 2.43. The molecule has 1 fully saturated rings. The van der Waals surface area contributed by atoms with Crippen molar-refractivity contribution in [3.8, 4) is 0 Å². The van der Waals surface area contributed by atoms with E-state index in [0.29, 0.717) is 22.2 Å². The van der Waals surface area contributed by atoms with Crippen molar-refractivity contribution in [1.29, 1.82) is 0 Å². The number of hydrogen-bond acceptors (Lipinski definition) is 6. The van der Waals surface area contributed by atoms with Gasteiger partial charge in [-0.15, -0.1) is 23.5 Å². The van der Waals surface area contributed by atoms with Crippen LogP contribution in [0, 0.1) is 5.82 Å². The van der Waals surface area contributed by atoms with Gasteiger partial charge in [0.2, 0.25) is 5.91 Å². The van der Waals surface area contributed by atoms with E-state index in [1.54, 1.807) is 36.6 Å². The van der Waals surface area contributed by atoms with E-state index in [2.05, 4.69) is 0 Å². The number of halogens is 1. The zero-order valence-corrected chi connectivity index (χ0v) is 15.7. The van der Waals surface area contributed by atoms with E-state index < -0.39 is 12.0 Å². The summed E-state index contributed by atoms with van der Waals surface area (Å²) in [5, 5.41) is -0.326. The molecule has 0 spiro atoms. The van der Waals surface area contributed by atoms with Gasteiger partial charge in [0.25, 0.3) is 0 Å². The number of hydrogen-bond donors (Lipinski definition) is 0. The van der Waals surface area contributed by atoms with Crippen LogP contribution in [0.2, 0.25) is 0 Å². The van der Waals surface area contributed by atoms with Crippen molar-refractivity contribution < 1.29 is 23.1 Å². The molecule has 0 saturated carbocycles. The van der Waals surface area contributed by atoms with Gasteiger partial charge < -0.3 is 14.1 Å². The van der Waals surface area contributed by atoms with Gasteiger partial charge in [-0.3, -0.25) is 4.79 Å². The predicted molar refractivity (Wildman–Crippen MR) is 98.3 cm³/mol. The third-order valence-electron chi connectivity index (χ3n) is 3.84. The Labute approximate surface area is 159 Å². The van der Waals surface area contributed by atoms with Crippen molar-refractivity contribution in [2.75, 3.05) is 18.1 Å². The van der Waals surface area contributed by atoms with Crippen molar-refractivity contribution >= 4 is 35.4 Å². The van der Waals surface area contributed by atoms with Crippen molar-refractivity contribution in [2.24, 2.45) is 0 Å². The van der Waals surface area contributed by atoms with E-state index in [4.69, 9.17) is 9.15 Å². The number of furan rings is 1. The lowest BCUT2D eigenvalue weighted by Crippen LogP contribution is -2.42. The monoisotopic (exact) mass is 395 g/mol. The molecule has 0 N–H and O–H groups in total. The molecular formula is C18H18FNO4S2. The summed E-state index contributed by atoms with van der Waals surface area (Å²) >= 11 is 2.75. The van der Waals surface area contributed by atoms with Crippen LogP contribution in [-0.4, -0.2) is 40.9 Å². The zero-order valence-electron chi connectivity index (χ0n) is 14.1. The van der Waals surface area contributed by atoms with Gasteiger partial charge in [-0.05, 0) is 24.3 Å². The highest BCUT2D eigenvalue weighted by Crippen LogP contribution is 2.41. The Bertz CT molecular complexity index is 768. The van der Waals surface area contributed by atoms with Crippen LogP contribution in [0.25, 0.3) is 0 Å². The molecule has 26 heavy (non-hydrogen) atoms. The van der Waals surface area contributed by atoms with Crippen molar-refractivity contribution in [3.05, 3.63) is 54.2 Å². The van der Waals surface area contributed by atoms with Gasteiger partial charge in [-0.25, -0.2) is 9.18 Å². The molecule has 1 aliphatic heterocycles. The number of carbonyl (C=O) groups is 2. The first kappa shape index (κ1) is 18.8. The summed E-state index contributed by atoms with van der Waals surface area (Å²) in [6.07, 6.45) is 1.54. The summed E-state index contributed by atoms with van der Waals surface area (Å²) in [7, 11) is 0. The quantitative estimate of drug-likeness (QED) is 0.422. The maximum Gasteiger partial charge on any atom is 0.329 e. The number of carbonyl (C=O) groups excluding carboxylic acids is 2. The van der Waals surface area contributed by atoms with E-state index in [0.717, 1.165) is 0 Å². The molecule has 0 bridgehead atoms. The van der Waals surface area contributed by atoms with Gasteiger partial charge in [0.15, 0.2) is 0 Å². The minimum absolute atomic E-state index is 0.149. The van der Waals surface area contributed by atoms with Gasteiger partial charge in [0.1, 0.15) is 29.6 Å². The normalized spacial score (nSPS) is 19.5. The fourth-order valence-corrected chi connectivity index (χ4v) is 4.86. The summed E-state index contributed by atoms with van der Waals surface area (Å²) < 4.78 is 24.2. The molecule has 2 heterocycles. The summed E-state index contributed by atoms with van der Waals surface area (Å²) in [6.45, 7) is 1.58. The first-order chi connectivity index (χ1) is 12.6. The Balaban J connectivity index is 1.54. The highest BCUT2D eigenvalue weighted by atomic mass is 32.2. The van der Waals surface area contributed by atoms with E-state index in [1.165, 1.54) is 41.4 Å². The Morgan fingerprint density at radius 1 is 1.35 bits per heavy atom. The van der Waals surface area contributed by atoms with E-state index in [-0.39, 0.29) is 23.7 Å². The Hall–Kier alpha value is -1.93. The van der Waals surface area contributed by atoms with E-state index in [1.807, 2.05) is 0 Å². The topological polar surface area (TPSA) is 59.8 Å². The fourth-order valence-electron chi connectivity index (χ4n) is 2.68. The molecule has 1 amide bonds. The Morgan fingerprint density at radius 3 is 2.85 bits per heavy atom. The van der Waals surface area contributed by atoms with Crippen molar-refractivity contribution in [1.82, 2.24) is 4.90 Å². The van der Waals surface area contributed by atoms with Crippen LogP contribution >= 0.6 is 23.5 Å². The Morgan fingerprint density at radius 2 is 2.15 bits per heavy atom. The van der Waals surface area contributed by atoms with Gasteiger partial charge in [0, 0.05) is 23.3 Å². The van der Waals surface area contributed by atoms with E-state index in [9.17, 15) is 14.0 Å². The van der Waals surface area contributed by atoms with Crippen LogP contribution in [0.15, 0.2) is 52.0 Å². The summed E-state index contributed by atoms with van der Waals surface area (Å²) in [4.78, 5) is 26.5. The first-order valence-electron chi connectivity index (χ1n) is 8.06. The molecule has 1 aliphatic rings. The third kappa shape index (κ3) is 4.24. The molecule has 5 nitrogen and oxygen atoms in total. The van der Waals surface area contributed by atoms with Crippen LogP contribution in [-0.2, 0) is 14.3 Å². The lowest BCUT2D eigenvalue weighted by atomic mass is 10.2. The number of esters is 1. The summed E-state index contributed by atoms with van der Waals surface area (Å²) in [5.74, 6) is 0.573. The molecule has 2 aromatic rings. The molecule has 138 valence electrons. The van der Waals surface area contributed by atoms with Crippen molar-refractivity contribution in [3.63, 3.8) is 0 Å². The number of rotatable bonds is 6. The molecule has 2 atom stereocenters. The smallest absolute Gasteiger partial charge is 0.329 e. The second-order valence-corrected chi connectivity index (χ2v) is 7.84. The number of benzene rings is 1. The second-order valence-electron chi connectivity index (χ2n) is 5.59. The second kappa shape index (κ2) is 8.64. The molecule has 8 heteroatoms. The predicted octanol–water partition coefficient (Wildman–Crippen LogP) is 3.72. The largest absolute Gasteiger partial charge is 0.466 e. The minimum Gasteiger partial charge on any atom is -0.466 e. The van der Waals surface area contributed by atoms with Crippen molar-refractivity contribution in [2.45, 2.75) is 23.2 Å². The zero-order chi connectivity index (χ0) is 18.5. The molecule has 0 radical (unpaired) electrons. The number of nitrogens with zero attached hydrogens (tertiary/aromatic N) is 1. The molecule has 1 aromatic carbocycles. The van der Waals surface area contributed by atoms with Crippen LogP contribution in [0.5, 0.6) is 0 Å². The average Bonchev–Trinajstić information content (AvgIpc) is 3.28. The number of ether oxygens (including phenoxy) is 1. The maximum atomic E-state index is 13.6. The Kier molecular flexibility index (Phi) is 6.26. The van der Waals surface area contributed by atoms with Gasteiger partial charge in [-0.2, -0.15) is 0 Å². The maximum absolute atomic E-state index is 13.6. The van der Waals surface area contributed by atoms with Gasteiger partial charge in [-0.1, -0.05) is 12.1 Å². The molecular weight excluding hydrogens is 377 g/mol. The average molecular weight is 395 g/mol. The van der Waals surface area contributed by atoms with Gasteiger partial charge in [0.05, 0.1) is 6.26 Å².